The smallest absolute Gasteiger partial charge is 0.251 e. The topological polar surface area (TPSA) is 61.0 Å². The molecule has 0 spiro atoms. The van der Waals surface area contributed by atoms with Gasteiger partial charge >= 0.3 is 0 Å². The van der Waals surface area contributed by atoms with Crippen molar-refractivity contribution in [2.75, 3.05) is 20.1 Å². The number of fused-ring (bicyclic) bond motifs is 1. The summed E-state index contributed by atoms with van der Waals surface area (Å²) in [6.07, 6.45) is 6.67. The molecule has 1 aliphatic rings. The van der Waals surface area contributed by atoms with Gasteiger partial charge in [0.1, 0.15) is 0 Å². The first kappa shape index (κ1) is 15.8. The minimum absolute atomic E-state index is 0.00955. The van der Waals surface area contributed by atoms with Crippen LogP contribution in [0.1, 0.15) is 28.4 Å². The van der Waals surface area contributed by atoms with Crippen LogP contribution in [0, 0.1) is 5.92 Å². The predicted octanol–water partition coefficient (Wildman–Crippen LogP) is 2.99. The number of aromatic amines is 1. The molecular weight excluding hydrogens is 312 g/mol. The summed E-state index contributed by atoms with van der Waals surface area (Å²) in [7, 11) is 2.14. The first-order valence-electron chi connectivity index (χ1n) is 8.68. The molecule has 0 saturated carbocycles. The van der Waals surface area contributed by atoms with E-state index in [2.05, 4.69) is 33.3 Å². The second-order valence-corrected chi connectivity index (χ2v) is 6.72. The fraction of sp³-hybridized carbons (Fsp3) is 0.300. The Morgan fingerprint density at radius 1 is 1.32 bits per heavy atom. The van der Waals surface area contributed by atoms with Crippen molar-refractivity contribution >= 4 is 16.8 Å². The molecule has 2 atom stereocenters. The molecule has 3 aromatic rings. The zero-order chi connectivity index (χ0) is 17.2. The molecule has 4 rings (SSSR count). The molecule has 25 heavy (non-hydrogen) atoms. The van der Waals surface area contributed by atoms with E-state index in [0.29, 0.717) is 18.5 Å². The Morgan fingerprint density at radius 3 is 3.08 bits per heavy atom. The Bertz CT molecular complexity index is 874. The lowest BCUT2D eigenvalue weighted by atomic mass is 9.94. The van der Waals surface area contributed by atoms with Gasteiger partial charge in [-0.2, -0.15) is 0 Å². The maximum Gasteiger partial charge on any atom is 0.251 e. The first-order chi connectivity index (χ1) is 12.2. The molecule has 1 amide bonds. The molecule has 128 valence electrons. The molecule has 1 saturated heterocycles. The summed E-state index contributed by atoms with van der Waals surface area (Å²) in [5.74, 6) is 0.383. The number of pyridine rings is 1. The normalized spacial score (nSPS) is 20.8. The number of amides is 1. The van der Waals surface area contributed by atoms with Crippen LogP contribution in [0.2, 0.25) is 0 Å². The lowest BCUT2D eigenvalue weighted by molar-refractivity contribution is 0.0945. The van der Waals surface area contributed by atoms with Gasteiger partial charge in [-0.05, 0) is 55.8 Å². The third-order valence-electron chi connectivity index (χ3n) is 5.16. The summed E-state index contributed by atoms with van der Waals surface area (Å²) in [6, 6.07) is 12.1. The molecule has 5 nitrogen and oxygen atoms in total. The highest BCUT2D eigenvalue weighted by molar-refractivity contribution is 6.06. The molecule has 2 N–H and O–H groups in total. The number of nitrogens with zero attached hydrogens (tertiary/aromatic N) is 2. The third kappa shape index (κ3) is 3.03. The Balaban J connectivity index is 1.49. The molecule has 2 aromatic heterocycles. The van der Waals surface area contributed by atoms with Crippen LogP contribution in [-0.4, -0.2) is 40.9 Å². The zero-order valence-electron chi connectivity index (χ0n) is 14.3. The quantitative estimate of drug-likeness (QED) is 0.771. The van der Waals surface area contributed by atoms with Gasteiger partial charge in [0.05, 0.1) is 0 Å². The second kappa shape index (κ2) is 6.69. The van der Waals surface area contributed by atoms with Gasteiger partial charge in [0, 0.05) is 47.6 Å². The van der Waals surface area contributed by atoms with E-state index in [4.69, 9.17) is 0 Å². The van der Waals surface area contributed by atoms with E-state index in [1.165, 1.54) is 5.56 Å². The van der Waals surface area contributed by atoms with E-state index < -0.39 is 0 Å². The number of nitrogens with one attached hydrogen (secondary N) is 2. The predicted molar refractivity (Wildman–Crippen MR) is 98.3 cm³/mol. The summed E-state index contributed by atoms with van der Waals surface area (Å²) in [4.78, 5) is 22.4. The molecule has 0 bridgehead atoms. The molecule has 1 aliphatic heterocycles. The van der Waals surface area contributed by atoms with Crippen molar-refractivity contribution in [3.05, 3.63) is 66.1 Å². The molecule has 0 radical (unpaired) electrons. The minimum Gasteiger partial charge on any atom is -0.361 e. The van der Waals surface area contributed by atoms with Gasteiger partial charge in [-0.25, -0.2) is 0 Å². The lowest BCUT2D eigenvalue weighted by Gasteiger charge is -2.25. The van der Waals surface area contributed by atoms with Crippen LogP contribution in [0.5, 0.6) is 0 Å². The Kier molecular flexibility index (Phi) is 4.24. The van der Waals surface area contributed by atoms with Gasteiger partial charge in [0.2, 0.25) is 0 Å². The lowest BCUT2D eigenvalue weighted by Crippen LogP contribution is -2.32. The van der Waals surface area contributed by atoms with E-state index in [-0.39, 0.29) is 5.91 Å². The number of aromatic nitrogens is 2. The van der Waals surface area contributed by atoms with Gasteiger partial charge in [0.25, 0.3) is 5.91 Å². The van der Waals surface area contributed by atoms with E-state index >= 15 is 0 Å². The van der Waals surface area contributed by atoms with Crippen LogP contribution in [0.4, 0.5) is 0 Å². The Labute approximate surface area is 147 Å². The number of carbonyl (C=O) groups excluding carboxylic acids is 1. The zero-order valence-corrected chi connectivity index (χ0v) is 14.3. The van der Waals surface area contributed by atoms with Gasteiger partial charge in [0.15, 0.2) is 0 Å². The number of likely N-dealkylation sites (tertiary alicyclic amines) is 1. The second-order valence-electron chi connectivity index (χ2n) is 6.72. The monoisotopic (exact) mass is 334 g/mol. The van der Waals surface area contributed by atoms with E-state index in [9.17, 15) is 4.79 Å². The number of benzene rings is 1. The average molecular weight is 334 g/mol. The first-order valence-corrected chi connectivity index (χ1v) is 8.68. The van der Waals surface area contributed by atoms with Crippen LogP contribution in [0.15, 0.2) is 55.0 Å². The molecule has 3 heterocycles. The highest BCUT2D eigenvalue weighted by atomic mass is 16.1. The largest absolute Gasteiger partial charge is 0.361 e. The fourth-order valence-corrected chi connectivity index (χ4v) is 3.92. The van der Waals surface area contributed by atoms with Crippen molar-refractivity contribution in [1.29, 1.82) is 0 Å². The fourth-order valence-electron chi connectivity index (χ4n) is 3.92. The maximum absolute atomic E-state index is 12.7. The standard InChI is InChI=1S/C20H22N4O/c1-24-11-8-15(19(24)14-4-3-9-21-12-14)13-23-20(25)17-5-2-6-18-16(17)7-10-22-18/h2-7,9-10,12,15,19,22H,8,11,13H2,1H3,(H,23,25)/t15-,19-/m0/s1. The van der Waals surface area contributed by atoms with Gasteiger partial charge in [-0.15, -0.1) is 0 Å². The van der Waals surface area contributed by atoms with Crippen LogP contribution >= 0.6 is 0 Å². The SMILES string of the molecule is CN1CC[C@@H](CNC(=O)c2cccc3[nH]ccc23)[C@@H]1c1cccnc1. The van der Waals surface area contributed by atoms with E-state index in [1.807, 2.05) is 42.7 Å². The molecule has 5 heteroatoms. The highest BCUT2D eigenvalue weighted by Crippen LogP contribution is 2.35. The molecule has 0 aliphatic carbocycles. The van der Waals surface area contributed by atoms with Gasteiger partial charge in [-0.1, -0.05) is 12.1 Å². The Hall–Kier alpha value is -2.66. The number of hydrogen-bond donors (Lipinski definition) is 2. The number of rotatable bonds is 4. The van der Waals surface area contributed by atoms with Crippen molar-refractivity contribution in [2.24, 2.45) is 5.92 Å². The van der Waals surface area contributed by atoms with Crippen molar-refractivity contribution in [1.82, 2.24) is 20.2 Å². The third-order valence-corrected chi connectivity index (χ3v) is 5.16. The van der Waals surface area contributed by atoms with Crippen molar-refractivity contribution in [3.8, 4) is 0 Å². The molecule has 1 fully saturated rings. The number of hydrogen-bond acceptors (Lipinski definition) is 3. The summed E-state index contributed by atoms with van der Waals surface area (Å²) < 4.78 is 0. The maximum atomic E-state index is 12.7. The number of carbonyl (C=O) groups is 1. The minimum atomic E-state index is -0.00955. The van der Waals surface area contributed by atoms with Crippen LogP contribution < -0.4 is 5.32 Å². The summed E-state index contributed by atoms with van der Waals surface area (Å²) in [5, 5.41) is 4.11. The van der Waals surface area contributed by atoms with Gasteiger partial charge in [-0.3, -0.25) is 14.7 Å². The number of H-pyrrole nitrogens is 1. The summed E-state index contributed by atoms with van der Waals surface area (Å²) in [5.41, 5.74) is 2.93. The summed E-state index contributed by atoms with van der Waals surface area (Å²) in [6.45, 7) is 1.71. The molecule has 0 unspecified atom stereocenters. The van der Waals surface area contributed by atoms with E-state index in [0.717, 1.165) is 29.4 Å². The molecular formula is C20H22N4O. The van der Waals surface area contributed by atoms with Crippen molar-refractivity contribution in [3.63, 3.8) is 0 Å². The van der Waals surface area contributed by atoms with E-state index in [1.54, 1.807) is 6.20 Å². The Morgan fingerprint density at radius 2 is 2.24 bits per heavy atom. The molecule has 1 aromatic carbocycles. The van der Waals surface area contributed by atoms with Crippen molar-refractivity contribution in [2.45, 2.75) is 12.5 Å². The average Bonchev–Trinajstić information content (AvgIpc) is 3.26. The van der Waals surface area contributed by atoms with Crippen LogP contribution in [0.3, 0.4) is 0 Å². The highest BCUT2D eigenvalue weighted by Gasteiger charge is 2.33. The van der Waals surface area contributed by atoms with Crippen LogP contribution in [-0.2, 0) is 0 Å². The summed E-state index contributed by atoms with van der Waals surface area (Å²) >= 11 is 0. The van der Waals surface area contributed by atoms with Crippen molar-refractivity contribution < 1.29 is 4.79 Å². The van der Waals surface area contributed by atoms with Crippen LogP contribution in [0.25, 0.3) is 10.9 Å². The van der Waals surface area contributed by atoms with Gasteiger partial charge < -0.3 is 10.3 Å².